The van der Waals surface area contributed by atoms with Gasteiger partial charge in [-0.2, -0.15) is 10.5 Å². The molecule has 6 rings (SSSR count). The third-order valence-electron chi connectivity index (χ3n) is 5.20. The minimum absolute atomic E-state index is 0.105. The summed E-state index contributed by atoms with van der Waals surface area (Å²) in [6.07, 6.45) is 0. The van der Waals surface area contributed by atoms with Gasteiger partial charge in [0.25, 0.3) is 0 Å². The highest BCUT2D eigenvalue weighted by atomic mass is 15.2. The third-order valence-corrected chi connectivity index (χ3v) is 5.20. The largest absolute Gasteiger partial charge is 0.319 e. The predicted octanol–water partition coefficient (Wildman–Crippen LogP) is 4.09. The van der Waals surface area contributed by atoms with Crippen molar-refractivity contribution in [3.05, 3.63) is 72.1 Å². The molecule has 0 amide bonds. The molecule has 0 fully saturated rings. The highest BCUT2D eigenvalue weighted by molar-refractivity contribution is 5.90. The highest BCUT2D eigenvalue weighted by Crippen LogP contribution is 2.39. The van der Waals surface area contributed by atoms with Crippen molar-refractivity contribution in [3.8, 4) is 34.7 Å². The Balaban J connectivity index is 1.52. The zero-order valence-electron chi connectivity index (χ0n) is 17.4. The van der Waals surface area contributed by atoms with Crippen molar-refractivity contribution >= 4 is 34.6 Å². The monoisotopic (exact) mass is 440 g/mol. The first-order chi connectivity index (χ1) is 16.7. The van der Waals surface area contributed by atoms with Crippen molar-refractivity contribution in [1.29, 1.82) is 10.5 Å². The molecule has 0 bridgehead atoms. The van der Waals surface area contributed by atoms with Gasteiger partial charge in [-0.1, -0.05) is 60.7 Å². The lowest BCUT2D eigenvalue weighted by Gasteiger charge is -2.22. The first kappa shape index (κ1) is 19.2. The Kier molecular flexibility index (Phi) is 4.29. The molecule has 0 unspecified atom stereocenters. The quantitative estimate of drug-likeness (QED) is 0.403. The van der Waals surface area contributed by atoms with Crippen LogP contribution < -0.4 is 10.6 Å². The molecule has 0 radical (unpaired) electrons. The summed E-state index contributed by atoms with van der Waals surface area (Å²) in [6, 6.07) is 23.3. The van der Waals surface area contributed by atoms with E-state index < -0.39 is 0 Å². The van der Waals surface area contributed by atoms with Crippen LogP contribution in [-0.2, 0) is 0 Å². The smallest absolute Gasteiger partial charge is 0.201 e. The van der Waals surface area contributed by atoms with E-state index in [-0.39, 0.29) is 22.7 Å². The van der Waals surface area contributed by atoms with E-state index in [1.165, 1.54) is 0 Å². The van der Waals surface area contributed by atoms with Crippen LogP contribution in [0.3, 0.4) is 0 Å². The van der Waals surface area contributed by atoms with Crippen LogP contribution in [0.25, 0.3) is 33.8 Å². The lowest BCUT2D eigenvalue weighted by atomic mass is 10.0. The Morgan fingerprint density at radius 1 is 0.500 bits per heavy atom. The van der Waals surface area contributed by atoms with E-state index in [1.807, 2.05) is 72.8 Å². The van der Waals surface area contributed by atoms with Crippen molar-refractivity contribution in [2.24, 2.45) is 0 Å². The van der Waals surface area contributed by atoms with Gasteiger partial charge in [-0.3, -0.25) is 0 Å². The average molecular weight is 440 g/mol. The van der Waals surface area contributed by atoms with E-state index >= 15 is 0 Å². The van der Waals surface area contributed by atoms with Crippen LogP contribution in [-0.4, -0.2) is 29.9 Å². The maximum Gasteiger partial charge on any atom is 0.201 e. The number of nitrogens with one attached hydrogen (secondary N) is 2. The van der Waals surface area contributed by atoms with E-state index in [2.05, 4.69) is 30.6 Å². The normalized spacial score (nSPS) is 11.4. The Morgan fingerprint density at radius 3 is 1.26 bits per heavy atom. The molecule has 10 nitrogen and oxygen atoms in total. The van der Waals surface area contributed by atoms with Crippen LogP contribution in [0.5, 0.6) is 0 Å². The van der Waals surface area contributed by atoms with Crippen LogP contribution in [0, 0.1) is 22.7 Å². The molecule has 34 heavy (non-hydrogen) atoms. The van der Waals surface area contributed by atoms with Gasteiger partial charge in [0.1, 0.15) is 12.1 Å². The van der Waals surface area contributed by atoms with Crippen molar-refractivity contribution in [2.75, 3.05) is 10.6 Å². The van der Waals surface area contributed by atoms with Gasteiger partial charge in [0.05, 0.1) is 11.4 Å². The number of anilines is 4. The molecule has 1 aliphatic heterocycles. The number of hydrogen-bond donors (Lipinski definition) is 2. The second kappa shape index (κ2) is 7.58. The van der Waals surface area contributed by atoms with Gasteiger partial charge in [-0.05, 0) is 0 Å². The van der Waals surface area contributed by atoms with Gasteiger partial charge >= 0.3 is 0 Å². The molecule has 2 N–H and O–H groups in total. The summed E-state index contributed by atoms with van der Waals surface area (Å²) in [6.45, 7) is 0. The van der Waals surface area contributed by atoms with Crippen LogP contribution in [0.4, 0.5) is 23.3 Å². The maximum absolute atomic E-state index is 9.24. The van der Waals surface area contributed by atoms with Crippen LogP contribution >= 0.6 is 0 Å². The van der Waals surface area contributed by atoms with E-state index in [9.17, 15) is 10.5 Å². The highest BCUT2D eigenvalue weighted by Gasteiger charge is 2.25. The fraction of sp³-hybridized carbons (Fsp3) is 0. The summed E-state index contributed by atoms with van der Waals surface area (Å²) >= 11 is 0. The van der Waals surface area contributed by atoms with E-state index in [0.717, 1.165) is 11.1 Å². The number of fused-ring (bicyclic) bond motifs is 3. The molecule has 0 saturated carbocycles. The summed E-state index contributed by atoms with van der Waals surface area (Å²) in [5.41, 5.74) is 3.34. The topological polar surface area (TPSA) is 149 Å². The Labute approximate surface area is 192 Å². The lowest BCUT2D eigenvalue weighted by Crippen LogP contribution is -2.15. The molecule has 158 valence electrons. The lowest BCUT2D eigenvalue weighted by molar-refractivity contribution is 1.09. The number of hydrogen-bond acceptors (Lipinski definition) is 10. The van der Waals surface area contributed by atoms with E-state index in [0.29, 0.717) is 34.7 Å². The van der Waals surface area contributed by atoms with Crippen LogP contribution in [0.2, 0.25) is 0 Å². The SMILES string of the molecule is N#Cc1nc2nc3c(nc2nc1C#N)Nc1nc(-c2ccccc2)c(-c2ccccc2)nc1N3. The fourth-order valence-corrected chi connectivity index (χ4v) is 3.64. The van der Waals surface area contributed by atoms with Crippen LogP contribution in [0.1, 0.15) is 11.4 Å². The van der Waals surface area contributed by atoms with Gasteiger partial charge in [0, 0.05) is 11.1 Å². The Bertz CT molecular complexity index is 1540. The number of nitrogens with zero attached hydrogens (tertiary/aromatic N) is 8. The van der Waals surface area contributed by atoms with Gasteiger partial charge in [0.2, 0.25) is 11.3 Å². The molecule has 0 saturated heterocycles. The van der Waals surface area contributed by atoms with Crippen molar-refractivity contribution in [2.45, 2.75) is 0 Å². The van der Waals surface area contributed by atoms with Gasteiger partial charge in [0.15, 0.2) is 34.7 Å². The summed E-state index contributed by atoms with van der Waals surface area (Å²) in [5.74, 6) is 1.68. The second-order valence-electron chi connectivity index (χ2n) is 7.31. The number of aromatic nitrogens is 6. The molecule has 5 aromatic rings. The number of benzene rings is 2. The zero-order valence-corrected chi connectivity index (χ0v) is 17.4. The first-order valence-corrected chi connectivity index (χ1v) is 10.2. The molecule has 1 aliphatic rings. The first-order valence-electron chi connectivity index (χ1n) is 10.2. The van der Waals surface area contributed by atoms with E-state index in [1.54, 1.807) is 0 Å². The molecular formula is C24H12N10. The summed E-state index contributed by atoms with van der Waals surface area (Å²) in [7, 11) is 0. The fourth-order valence-electron chi connectivity index (χ4n) is 3.64. The van der Waals surface area contributed by atoms with Crippen molar-refractivity contribution < 1.29 is 0 Å². The minimum Gasteiger partial charge on any atom is -0.319 e. The van der Waals surface area contributed by atoms with Gasteiger partial charge in [-0.15, -0.1) is 0 Å². The zero-order chi connectivity index (χ0) is 23.1. The van der Waals surface area contributed by atoms with Crippen molar-refractivity contribution in [1.82, 2.24) is 29.9 Å². The molecule has 3 aromatic heterocycles. The molecule has 10 heteroatoms. The number of nitriles is 2. The molecule has 2 aromatic carbocycles. The molecule has 0 aliphatic carbocycles. The van der Waals surface area contributed by atoms with Crippen molar-refractivity contribution in [3.63, 3.8) is 0 Å². The second-order valence-corrected chi connectivity index (χ2v) is 7.31. The predicted molar refractivity (Wildman–Crippen MR) is 124 cm³/mol. The maximum atomic E-state index is 9.24. The summed E-state index contributed by atoms with van der Waals surface area (Å²) in [5, 5.41) is 24.8. The molecule has 0 spiro atoms. The minimum atomic E-state index is -0.105. The molecule has 0 atom stereocenters. The van der Waals surface area contributed by atoms with Crippen LogP contribution in [0.15, 0.2) is 60.7 Å². The third kappa shape index (κ3) is 3.11. The molecular weight excluding hydrogens is 428 g/mol. The summed E-state index contributed by atoms with van der Waals surface area (Å²) < 4.78 is 0. The van der Waals surface area contributed by atoms with Gasteiger partial charge < -0.3 is 10.6 Å². The summed E-state index contributed by atoms with van der Waals surface area (Å²) in [4.78, 5) is 26.9. The number of rotatable bonds is 2. The van der Waals surface area contributed by atoms with E-state index in [4.69, 9.17) is 9.97 Å². The Hall–Kier alpha value is -5.48. The molecule has 4 heterocycles. The van der Waals surface area contributed by atoms with Gasteiger partial charge in [-0.25, -0.2) is 29.9 Å². The average Bonchev–Trinajstić information content (AvgIpc) is 2.90. The standard InChI is InChI=1S/C24H12N10/c25-11-15-16(12-26)28-20-19(27-15)31-23-24(32-20)34-22-21(33-23)29-17(13-7-3-1-4-8-13)18(30-22)14-9-5-2-6-10-14/h1-10H,(H,27,29,31,33)(H,28,30,32,34). The Morgan fingerprint density at radius 2 is 0.882 bits per heavy atom.